The Morgan fingerprint density at radius 3 is 2.46 bits per heavy atom. The van der Waals surface area contributed by atoms with Crippen LogP contribution in [0.4, 0.5) is 5.69 Å². The second kappa shape index (κ2) is 7.63. The minimum Gasteiger partial charge on any atom is -0.371 e. The van der Waals surface area contributed by atoms with Crippen molar-refractivity contribution in [2.45, 2.75) is 17.7 Å². The van der Waals surface area contributed by atoms with E-state index in [1.807, 2.05) is 12.1 Å². The molecule has 24 heavy (non-hydrogen) atoms. The number of hydrogen-bond donors (Lipinski definition) is 1. The van der Waals surface area contributed by atoms with Gasteiger partial charge in [0.05, 0.1) is 4.90 Å². The van der Waals surface area contributed by atoms with Crippen molar-refractivity contribution in [3.05, 3.63) is 53.3 Å². The number of piperidine rings is 1. The fourth-order valence-electron chi connectivity index (χ4n) is 2.92. The fraction of sp³-hybridized carbons (Fsp3) is 0.353. The van der Waals surface area contributed by atoms with Gasteiger partial charge in [0.1, 0.15) is 0 Å². The van der Waals surface area contributed by atoms with Crippen LogP contribution in [0.15, 0.2) is 58.2 Å². The third kappa shape index (κ3) is 4.15. The molecule has 1 aliphatic rings. The lowest BCUT2D eigenvalue weighted by Gasteiger charge is -2.33. The van der Waals surface area contributed by atoms with Gasteiger partial charge in [-0.15, -0.1) is 0 Å². The van der Waals surface area contributed by atoms with Gasteiger partial charge >= 0.3 is 0 Å². The number of sulfonamides is 1. The molecule has 0 aliphatic carbocycles. The van der Waals surface area contributed by atoms with Crippen LogP contribution >= 0.6 is 15.9 Å². The Balaban J connectivity index is 1.54. The van der Waals surface area contributed by atoms with Crippen molar-refractivity contribution >= 4 is 31.6 Å². The van der Waals surface area contributed by atoms with Crippen molar-refractivity contribution in [2.24, 2.45) is 5.92 Å². The van der Waals surface area contributed by atoms with Gasteiger partial charge in [-0.05, 0) is 59.0 Å². The molecule has 1 aromatic heterocycles. The molecule has 0 saturated carbocycles. The maximum atomic E-state index is 12.4. The molecule has 0 unspecified atom stereocenters. The lowest BCUT2D eigenvalue weighted by Crippen LogP contribution is -2.38. The van der Waals surface area contributed by atoms with Gasteiger partial charge in [0.25, 0.3) is 0 Å². The van der Waals surface area contributed by atoms with E-state index in [2.05, 4.69) is 30.5 Å². The van der Waals surface area contributed by atoms with Crippen LogP contribution in [-0.2, 0) is 10.0 Å². The van der Waals surface area contributed by atoms with Crippen molar-refractivity contribution in [3.63, 3.8) is 0 Å². The summed E-state index contributed by atoms with van der Waals surface area (Å²) in [6.45, 7) is 2.35. The first kappa shape index (κ1) is 17.4. The van der Waals surface area contributed by atoms with Gasteiger partial charge in [-0.25, -0.2) is 13.1 Å². The van der Waals surface area contributed by atoms with E-state index in [0.29, 0.717) is 21.8 Å². The number of nitrogens with zero attached hydrogens (tertiary/aromatic N) is 2. The average molecular weight is 410 g/mol. The summed E-state index contributed by atoms with van der Waals surface area (Å²) in [6, 6.07) is 10.9. The Morgan fingerprint density at radius 1 is 1.12 bits per heavy atom. The molecule has 1 saturated heterocycles. The topological polar surface area (TPSA) is 62.3 Å². The zero-order chi connectivity index (χ0) is 17.0. The van der Waals surface area contributed by atoms with E-state index < -0.39 is 10.0 Å². The molecule has 1 fully saturated rings. The van der Waals surface area contributed by atoms with Crippen LogP contribution in [0.5, 0.6) is 0 Å². The zero-order valence-corrected chi connectivity index (χ0v) is 15.6. The monoisotopic (exact) mass is 409 g/mol. The first-order valence-corrected chi connectivity index (χ1v) is 10.2. The van der Waals surface area contributed by atoms with Crippen LogP contribution < -0.4 is 9.62 Å². The van der Waals surface area contributed by atoms with Crippen LogP contribution in [0.2, 0.25) is 0 Å². The average Bonchev–Trinajstić information content (AvgIpc) is 2.61. The van der Waals surface area contributed by atoms with E-state index >= 15 is 0 Å². The molecule has 0 amide bonds. The molecular formula is C17H20BrN3O2S. The van der Waals surface area contributed by atoms with Crippen LogP contribution in [0.3, 0.4) is 0 Å². The van der Waals surface area contributed by atoms with Gasteiger partial charge in [-0.3, -0.25) is 4.98 Å². The summed E-state index contributed by atoms with van der Waals surface area (Å²) < 4.78 is 28.2. The van der Waals surface area contributed by atoms with Gasteiger partial charge in [0.15, 0.2) is 0 Å². The number of anilines is 1. The Hall–Kier alpha value is -1.44. The summed E-state index contributed by atoms with van der Waals surface area (Å²) in [6.07, 6.45) is 5.54. The molecule has 7 heteroatoms. The summed E-state index contributed by atoms with van der Waals surface area (Å²) in [5.41, 5.74) is 1.18. The SMILES string of the molecule is O=S(=O)(NCC1CCN(c2ccncc2)CC1)c1ccccc1Br. The van der Waals surface area contributed by atoms with Crippen LogP contribution in [0.25, 0.3) is 0 Å². The molecule has 0 bridgehead atoms. The van der Waals surface area contributed by atoms with E-state index in [1.165, 1.54) is 5.69 Å². The largest absolute Gasteiger partial charge is 0.371 e. The fourth-order valence-corrected chi connectivity index (χ4v) is 5.04. The Kier molecular flexibility index (Phi) is 5.53. The Morgan fingerprint density at radius 2 is 1.79 bits per heavy atom. The quantitative estimate of drug-likeness (QED) is 0.823. The highest BCUT2D eigenvalue weighted by Gasteiger charge is 2.23. The summed E-state index contributed by atoms with van der Waals surface area (Å²) in [5, 5.41) is 0. The molecule has 1 aromatic carbocycles. The van der Waals surface area contributed by atoms with Crippen LogP contribution in [-0.4, -0.2) is 33.0 Å². The summed E-state index contributed by atoms with van der Waals surface area (Å²) >= 11 is 3.30. The number of halogens is 1. The number of pyridine rings is 1. The van der Waals surface area contributed by atoms with E-state index in [1.54, 1.807) is 36.7 Å². The minimum absolute atomic E-state index is 0.291. The molecule has 3 rings (SSSR count). The number of benzene rings is 1. The van der Waals surface area contributed by atoms with Crippen molar-refractivity contribution in [3.8, 4) is 0 Å². The molecule has 0 radical (unpaired) electrons. The molecule has 0 atom stereocenters. The molecule has 1 aliphatic heterocycles. The van der Waals surface area contributed by atoms with Crippen molar-refractivity contribution in [1.29, 1.82) is 0 Å². The van der Waals surface area contributed by atoms with Crippen molar-refractivity contribution in [1.82, 2.24) is 9.71 Å². The summed E-state index contributed by atoms with van der Waals surface area (Å²) in [5.74, 6) is 0.361. The van der Waals surface area contributed by atoms with Gasteiger partial charge in [-0.2, -0.15) is 0 Å². The molecule has 0 spiro atoms. The van der Waals surface area contributed by atoms with Gasteiger partial charge in [0.2, 0.25) is 10.0 Å². The van der Waals surface area contributed by atoms with E-state index in [0.717, 1.165) is 25.9 Å². The normalized spacial score (nSPS) is 16.3. The maximum absolute atomic E-state index is 12.4. The Labute approximate surface area is 151 Å². The first-order valence-electron chi connectivity index (χ1n) is 7.95. The van der Waals surface area contributed by atoms with E-state index in [-0.39, 0.29) is 0 Å². The highest BCUT2D eigenvalue weighted by molar-refractivity contribution is 9.10. The smallest absolute Gasteiger partial charge is 0.241 e. The van der Waals surface area contributed by atoms with Crippen LogP contribution in [0, 0.1) is 5.92 Å². The Bertz CT molecular complexity index is 775. The predicted octanol–water partition coefficient (Wildman–Crippen LogP) is 3.04. The van der Waals surface area contributed by atoms with Gasteiger partial charge in [-0.1, -0.05) is 12.1 Å². The second-order valence-electron chi connectivity index (χ2n) is 5.92. The van der Waals surface area contributed by atoms with Crippen molar-refractivity contribution in [2.75, 3.05) is 24.5 Å². The lowest BCUT2D eigenvalue weighted by atomic mass is 9.97. The van der Waals surface area contributed by atoms with Gasteiger partial charge in [0, 0.05) is 42.2 Å². The summed E-state index contributed by atoms with van der Waals surface area (Å²) in [4.78, 5) is 6.65. The van der Waals surface area contributed by atoms with E-state index in [9.17, 15) is 8.42 Å². The highest BCUT2D eigenvalue weighted by atomic mass is 79.9. The third-order valence-electron chi connectivity index (χ3n) is 4.33. The lowest BCUT2D eigenvalue weighted by molar-refractivity contribution is 0.402. The molecule has 5 nitrogen and oxygen atoms in total. The second-order valence-corrected chi connectivity index (χ2v) is 8.51. The summed E-state index contributed by atoms with van der Waals surface area (Å²) in [7, 11) is -3.47. The highest BCUT2D eigenvalue weighted by Crippen LogP contribution is 2.24. The maximum Gasteiger partial charge on any atom is 0.241 e. The standard InChI is InChI=1S/C17H20BrN3O2S/c18-16-3-1-2-4-17(16)24(22,23)20-13-14-7-11-21(12-8-14)15-5-9-19-10-6-15/h1-6,9-10,14,20H,7-8,11-13H2. The molecular weight excluding hydrogens is 390 g/mol. The number of hydrogen-bond acceptors (Lipinski definition) is 4. The first-order chi connectivity index (χ1) is 11.6. The number of nitrogens with one attached hydrogen (secondary N) is 1. The third-order valence-corrected chi connectivity index (χ3v) is 6.77. The minimum atomic E-state index is -3.47. The van der Waals surface area contributed by atoms with E-state index in [4.69, 9.17) is 0 Å². The zero-order valence-electron chi connectivity index (χ0n) is 13.2. The molecule has 128 valence electrons. The molecule has 2 heterocycles. The predicted molar refractivity (Wildman–Crippen MR) is 98.5 cm³/mol. The van der Waals surface area contributed by atoms with Gasteiger partial charge < -0.3 is 4.90 Å². The number of aromatic nitrogens is 1. The molecule has 2 aromatic rings. The van der Waals surface area contributed by atoms with Crippen LogP contribution in [0.1, 0.15) is 12.8 Å². The molecule has 1 N–H and O–H groups in total. The van der Waals surface area contributed by atoms with Crippen molar-refractivity contribution < 1.29 is 8.42 Å². The number of rotatable bonds is 5.